The van der Waals surface area contributed by atoms with E-state index in [4.69, 9.17) is 4.74 Å². The van der Waals surface area contributed by atoms with Crippen molar-refractivity contribution >= 4 is 18.3 Å². The van der Waals surface area contributed by atoms with Crippen LogP contribution < -0.4 is 10.6 Å². The summed E-state index contributed by atoms with van der Waals surface area (Å²) in [6.45, 7) is 4.87. The van der Waals surface area contributed by atoms with Gasteiger partial charge in [-0.2, -0.15) is 0 Å². The smallest absolute Gasteiger partial charge is 0.252 e. The lowest BCUT2D eigenvalue weighted by molar-refractivity contribution is -0.146. The Balaban J connectivity index is 0.00000200. The van der Waals surface area contributed by atoms with Gasteiger partial charge in [-0.3, -0.25) is 4.79 Å². The molecule has 1 saturated carbocycles. The monoisotopic (exact) mass is 304 g/mol. The van der Waals surface area contributed by atoms with E-state index in [0.717, 1.165) is 38.4 Å². The second-order valence-electron chi connectivity index (χ2n) is 6.28. The van der Waals surface area contributed by atoms with E-state index in [2.05, 4.69) is 17.6 Å². The van der Waals surface area contributed by atoms with Gasteiger partial charge in [0.25, 0.3) is 5.91 Å². The van der Waals surface area contributed by atoms with Crippen LogP contribution in [0.25, 0.3) is 0 Å². The fourth-order valence-corrected chi connectivity index (χ4v) is 3.29. The zero-order valence-electron chi connectivity index (χ0n) is 12.7. The van der Waals surface area contributed by atoms with Gasteiger partial charge in [-0.05, 0) is 50.6 Å². The molecule has 0 radical (unpaired) electrons. The Morgan fingerprint density at radius 3 is 2.40 bits per heavy atom. The molecule has 1 aliphatic heterocycles. The van der Waals surface area contributed by atoms with Gasteiger partial charge in [0, 0.05) is 13.7 Å². The predicted molar refractivity (Wildman–Crippen MR) is 83.2 cm³/mol. The second-order valence-corrected chi connectivity index (χ2v) is 6.28. The van der Waals surface area contributed by atoms with Crippen molar-refractivity contribution in [3.63, 3.8) is 0 Å². The van der Waals surface area contributed by atoms with E-state index in [9.17, 15) is 4.79 Å². The minimum Gasteiger partial charge on any atom is -0.368 e. The number of hydrogen-bond acceptors (Lipinski definition) is 3. The molecule has 5 heteroatoms. The van der Waals surface area contributed by atoms with Gasteiger partial charge in [-0.1, -0.05) is 19.8 Å². The van der Waals surface area contributed by atoms with E-state index in [-0.39, 0.29) is 18.3 Å². The molecule has 1 amide bonds. The van der Waals surface area contributed by atoms with Crippen molar-refractivity contribution in [2.24, 2.45) is 11.8 Å². The fraction of sp³-hybridized carbons (Fsp3) is 0.933. The summed E-state index contributed by atoms with van der Waals surface area (Å²) < 4.78 is 5.55. The van der Waals surface area contributed by atoms with Crippen molar-refractivity contribution < 1.29 is 9.53 Å². The van der Waals surface area contributed by atoms with Crippen LogP contribution in [0.15, 0.2) is 0 Å². The number of ether oxygens (including phenoxy) is 1. The van der Waals surface area contributed by atoms with Gasteiger partial charge in [-0.25, -0.2) is 0 Å². The number of carbonyl (C=O) groups is 1. The molecule has 2 aliphatic rings. The lowest BCUT2D eigenvalue weighted by Gasteiger charge is -2.35. The Hall–Kier alpha value is -0.320. The van der Waals surface area contributed by atoms with E-state index in [1.54, 1.807) is 7.11 Å². The summed E-state index contributed by atoms with van der Waals surface area (Å²) in [6.07, 6.45) is 6.67. The van der Waals surface area contributed by atoms with Crippen molar-refractivity contribution in [1.82, 2.24) is 10.6 Å². The number of rotatable bonds is 4. The van der Waals surface area contributed by atoms with E-state index in [1.165, 1.54) is 25.7 Å². The molecule has 0 bridgehead atoms. The maximum absolute atomic E-state index is 12.4. The predicted octanol–water partition coefficient (Wildman–Crippen LogP) is 2.12. The van der Waals surface area contributed by atoms with Crippen LogP contribution in [0.5, 0.6) is 0 Å². The average molecular weight is 305 g/mol. The maximum atomic E-state index is 12.4. The van der Waals surface area contributed by atoms with Crippen LogP contribution in [0, 0.1) is 11.8 Å². The maximum Gasteiger partial charge on any atom is 0.252 e. The fourth-order valence-electron chi connectivity index (χ4n) is 3.29. The van der Waals surface area contributed by atoms with Crippen molar-refractivity contribution in [1.29, 1.82) is 0 Å². The molecule has 1 aliphatic carbocycles. The molecule has 118 valence electrons. The first-order valence-corrected chi connectivity index (χ1v) is 7.70. The number of nitrogens with one attached hydrogen (secondary N) is 2. The number of amides is 1. The molecule has 0 unspecified atom stereocenters. The highest BCUT2D eigenvalue weighted by atomic mass is 35.5. The Labute approximate surface area is 128 Å². The number of carbonyl (C=O) groups excluding carboxylic acids is 1. The molecule has 0 aromatic heterocycles. The highest BCUT2D eigenvalue weighted by Gasteiger charge is 2.39. The molecular formula is C15H29ClN2O2. The lowest BCUT2D eigenvalue weighted by Crippen LogP contribution is -2.54. The van der Waals surface area contributed by atoms with Gasteiger partial charge >= 0.3 is 0 Å². The number of piperidine rings is 1. The number of methoxy groups -OCH3 is 1. The van der Waals surface area contributed by atoms with Crippen LogP contribution in [0.4, 0.5) is 0 Å². The number of hydrogen-bond donors (Lipinski definition) is 2. The van der Waals surface area contributed by atoms with Crippen LogP contribution in [-0.2, 0) is 9.53 Å². The molecule has 1 heterocycles. The van der Waals surface area contributed by atoms with E-state index < -0.39 is 5.60 Å². The molecule has 20 heavy (non-hydrogen) atoms. The van der Waals surface area contributed by atoms with E-state index in [1.807, 2.05) is 0 Å². The first-order chi connectivity index (χ1) is 9.16. The minimum atomic E-state index is -0.590. The van der Waals surface area contributed by atoms with E-state index >= 15 is 0 Å². The van der Waals surface area contributed by atoms with Crippen molar-refractivity contribution in [2.75, 3.05) is 26.7 Å². The minimum absolute atomic E-state index is 0. The normalized spacial score (nSPS) is 29.3. The second kappa shape index (κ2) is 8.20. The van der Waals surface area contributed by atoms with Gasteiger partial charge in [0.05, 0.1) is 0 Å². The zero-order valence-corrected chi connectivity index (χ0v) is 13.6. The Kier molecular flexibility index (Phi) is 7.27. The summed E-state index contributed by atoms with van der Waals surface area (Å²) in [4.78, 5) is 12.4. The molecule has 2 rings (SSSR count). The molecule has 1 saturated heterocycles. The molecule has 2 N–H and O–H groups in total. The molecule has 2 fully saturated rings. The SMILES string of the molecule is COC1(C(=O)NCC2CCC(C)CC2)CCNCC1.Cl. The highest BCUT2D eigenvalue weighted by Crippen LogP contribution is 2.28. The summed E-state index contributed by atoms with van der Waals surface area (Å²) in [5, 5.41) is 6.42. The van der Waals surface area contributed by atoms with Gasteiger partial charge in [0.15, 0.2) is 0 Å². The van der Waals surface area contributed by atoms with Gasteiger partial charge in [0.2, 0.25) is 0 Å². The van der Waals surface area contributed by atoms with Crippen molar-refractivity contribution in [3.05, 3.63) is 0 Å². The molecule has 0 atom stereocenters. The van der Waals surface area contributed by atoms with E-state index in [0.29, 0.717) is 5.92 Å². The largest absolute Gasteiger partial charge is 0.368 e. The number of halogens is 1. The Bertz CT molecular complexity index is 298. The lowest BCUT2D eigenvalue weighted by atomic mass is 9.83. The third kappa shape index (κ3) is 4.34. The summed E-state index contributed by atoms with van der Waals surface area (Å²) in [6, 6.07) is 0. The van der Waals surface area contributed by atoms with Crippen LogP contribution in [0.2, 0.25) is 0 Å². The topological polar surface area (TPSA) is 50.4 Å². The van der Waals surface area contributed by atoms with Crippen LogP contribution in [-0.4, -0.2) is 38.3 Å². The van der Waals surface area contributed by atoms with Crippen LogP contribution in [0.3, 0.4) is 0 Å². The standard InChI is InChI=1S/C15H28N2O2.ClH/c1-12-3-5-13(6-4-12)11-17-14(18)15(19-2)7-9-16-10-8-15;/h12-13,16H,3-11H2,1-2H3,(H,17,18);1H. The average Bonchev–Trinajstić information content (AvgIpc) is 2.47. The van der Waals surface area contributed by atoms with Gasteiger partial charge in [0.1, 0.15) is 5.60 Å². The van der Waals surface area contributed by atoms with Crippen molar-refractivity contribution in [3.8, 4) is 0 Å². The molecular weight excluding hydrogens is 276 g/mol. The molecule has 0 aromatic rings. The van der Waals surface area contributed by atoms with Gasteiger partial charge in [-0.15, -0.1) is 12.4 Å². The highest BCUT2D eigenvalue weighted by molar-refractivity contribution is 5.85. The summed E-state index contributed by atoms with van der Waals surface area (Å²) >= 11 is 0. The Morgan fingerprint density at radius 2 is 1.85 bits per heavy atom. The van der Waals surface area contributed by atoms with Gasteiger partial charge < -0.3 is 15.4 Å². The first kappa shape index (κ1) is 17.7. The van der Waals surface area contributed by atoms with Crippen molar-refractivity contribution in [2.45, 2.75) is 51.0 Å². The third-order valence-corrected chi connectivity index (χ3v) is 4.90. The summed E-state index contributed by atoms with van der Waals surface area (Å²) in [5.41, 5.74) is -0.590. The first-order valence-electron chi connectivity index (χ1n) is 7.70. The van der Waals surface area contributed by atoms with Crippen LogP contribution in [0.1, 0.15) is 45.4 Å². The molecule has 0 aromatic carbocycles. The Morgan fingerprint density at radius 1 is 1.25 bits per heavy atom. The summed E-state index contributed by atoms with van der Waals surface area (Å²) in [7, 11) is 1.66. The van der Waals surface area contributed by atoms with Crippen LogP contribution >= 0.6 is 12.4 Å². The summed E-state index contributed by atoms with van der Waals surface area (Å²) in [5.74, 6) is 1.62. The third-order valence-electron chi connectivity index (χ3n) is 4.90. The zero-order chi connectivity index (χ0) is 13.7. The molecule has 4 nitrogen and oxygen atoms in total. The quantitative estimate of drug-likeness (QED) is 0.836. The molecule has 0 spiro atoms.